The maximum atomic E-state index is 11.2. The Hall–Kier alpha value is -1.10. The van der Waals surface area contributed by atoms with Crippen LogP contribution in [0.2, 0.25) is 0 Å². The van der Waals surface area contributed by atoms with Gasteiger partial charge in [0.25, 0.3) is 0 Å². The Kier molecular flexibility index (Phi) is 6.74. The van der Waals surface area contributed by atoms with E-state index >= 15 is 0 Å². The predicted octanol–water partition coefficient (Wildman–Crippen LogP) is 0.865. The molecule has 0 aliphatic carbocycles. The minimum absolute atomic E-state index is 0.197. The van der Waals surface area contributed by atoms with E-state index in [4.69, 9.17) is 9.47 Å². The van der Waals surface area contributed by atoms with Crippen molar-refractivity contribution >= 4 is 11.9 Å². The Morgan fingerprint density at radius 1 is 1.14 bits per heavy atom. The van der Waals surface area contributed by atoms with Crippen LogP contribution in [-0.4, -0.2) is 31.4 Å². The van der Waals surface area contributed by atoms with Crippen LogP contribution in [0.3, 0.4) is 0 Å². The summed E-state index contributed by atoms with van der Waals surface area (Å²) in [7, 11) is 0. The largest absolute Gasteiger partial charge is 0.461 e. The van der Waals surface area contributed by atoms with Crippen molar-refractivity contribution < 1.29 is 23.8 Å². The molecule has 0 aromatic rings. The Bertz CT molecular complexity index is 190. The number of hydrogen-bond acceptors (Lipinski definition) is 5. The first-order chi connectivity index (χ1) is 6.65. The van der Waals surface area contributed by atoms with Gasteiger partial charge < -0.3 is 14.2 Å². The van der Waals surface area contributed by atoms with E-state index < -0.39 is 18.2 Å². The third kappa shape index (κ3) is 4.81. The molecule has 0 aliphatic heterocycles. The molecule has 1 atom stereocenters. The molecule has 0 aromatic carbocycles. The van der Waals surface area contributed by atoms with Crippen LogP contribution in [-0.2, 0) is 23.8 Å². The monoisotopic (exact) mass is 204 g/mol. The zero-order valence-electron chi connectivity index (χ0n) is 8.74. The number of esters is 2. The van der Waals surface area contributed by atoms with Crippen LogP contribution in [0.15, 0.2) is 0 Å². The summed E-state index contributed by atoms with van der Waals surface area (Å²) in [6.07, 6.45) is -1.03. The molecule has 0 spiro atoms. The molecule has 0 saturated carbocycles. The summed E-state index contributed by atoms with van der Waals surface area (Å²) in [6, 6.07) is 0. The van der Waals surface area contributed by atoms with Crippen LogP contribution in [0.5, 0.6) is 0 Å². The molecule has 0 heterocycles. The van der Waals surface area contributed by atoms with Gasteiger partial charge in [0.2, 0.25) is 0 Å². The second-order valence-electron chi connectivity index (χ2n) is 2.38. The number of hydrogen-bond donors (Lipinski definition) is 0. The lowest BCUT2D eigenvalue weighted by molar-refractivity contribution is -0.199. The molecular weight excluding hydrogens is 188 g/mol. The van der Waals surface area contributed by atoms with Crippen molar-refractivity contribution in [3.8, 4) is 0 Å². The molecule has 0 amide bonds. The molecule has 0 rings (SSSR count). The third-order valence-corrected chi connectivity index (χ3v) is 1.32. The van der Waals surface area contributed by atoms with E-state index in [0.717, 1.165) is 0 Å². The molecule has 0 saturated heterocycles. The maximum Gasteiger partial charge on any atom is 0.376 e. The first-order valence-electron chi connectivity index (χ1n) is 4.63. The molecule has 0 N–H and O–H groups in total. The van der Waals surface area contributed by atoms with E-state index in [1.165, 1.54) is 0 Å². The molecule has 0 aliphatic rings. The van der Waals surface area contributed by atoms with E-state index in [9.17, 15) is 9.59 Å². The van der Waals surface area contributed by atoms with Gasteiger partial charge in [-0.15, -0.1) is 0 Å². The summed E-state index contributed by atoms with van der Waals surface area (Å²) < 4.78 is 14.3. The Morgan fingerprint density at radius 3 is 2.21 bits per heavy atom. The number of carbonyl (C=O) groups excluding carboxylic acids is 2. The van der Waals surface area contributed by atoms with Crippen molar-refractivity contribution in [3.63, 3.8) is 0 Å². The van der Waals surface area contributed by atoms with Crippen molar-refractivity contribution in [2.75, 3.05) is 13.2 Å². The van der Waals surface area contributed by atoms with Crippen molar-refractivity contribution in [2.45, 2.75) is 33.5 Å². The van der Waals surface area contributed by atoms with Gasteiger partial charge in [-0.1, -0.05) is 6.92 Å². The van der Waals surface area contributed by atoms with Gasteiger partial charge in [-0.25, -0.2) is 4.79 Å². The fraction of sp³-hybridized carbons (Fsp3) is 0.778. The summed E-state index contributed by atoms with van der Waals surface area (Å²) >= 11 is 0. The SMILES string of the molecule is CCOC(=O)C(OCC)OC(=O)CC. The highest BCUT2D eigenvalue weighted by molar-refractivity contribution is 5.78. The highest BCUT2D eigenvalue weighted by Gasteiger charge is 2.23. The van der Waals surface area contributed by atoms with Gasteiger partial charge in [-0.05, 0) is 13.8 Å². The first-order valence-corrected chi connectivity index (χ1v) is 4.63. The van der Waals surface area contributed by atoms with E-state index in [1.807, 2.05) is 0 Å². The first kappa shape index (κ1) is 12.9. The van der Waals surface area contributed by atoms with Crippen molar-refractivity contribution in [1.29, 1.82) is 0 Å². The van der Waals surface area contributed by atoms with E-state index in [1.54, 1.807) is 20.8 Å². The molecule has 1 unspecified atom stereocenters. The third-order valence-electron chi connectivity index (χ3n) is 1.32. The van der Waals surface area contributed by atoms with Crippen LogP contribution in [0, 0.1) is 0 Å². The van der Waals surface area contributed by atoms with Gasteiger partial charge in [-0.3, -0.25) is 4.79 Å². The molecule has 82 valence electrons. The molecule has 14 heavy (non-hydrogen) atoms. The minimum Gasteiger partial charge on any atom is -0.461 e. The molecular formula is C9H16O5. The lowest BCUT2D eigenvalue weighted by Gasteiger charge is -2.15. The topological polar surface area (TPSA) is 61.8 Å². The number of ether oxygens (including phenoxy) is 3. The van der Waals surface area contributed by atoms with Crippen LogP contribution in [0.1, 0.15) is 27.2 Å². The summed E-state index contributed by atoms with van der Waals surface area (Å²) in [5, 5.41) is 0. The molecule has 0 bridgehead atoms. The zero-order valence-corrected chi connectivity index (χ0v) is 8.74. The van der Waals surface area contributed by atoms with Crippen molar-refractivity contribution in [2.24, 2.45) is 0 Å². The standard InChI is InChI=1S/C9H16O5/c1-4-7(10)14-9(13-6-3)8(11)12-5-2/h9H,4-6H2,1-3H3. The van der Waals surface area contributed by atoms with E-state index in [2.05, 4.69) is 4.74 Å². The highest BCUT2D eigenvalue weighted by Crippen LogP contribution is 2.00. The smallest absolute Gasteiger partial charge is 0.376 e. The maximum absolute atomic E-state index is 11.2. The summed E-state index contributed by atoms with van der Waals surface area (Å²) in [5.41, 5.74) is 0. The van der Waals surface area contributed by atoms with Gasteiger partial charge in [0.15, 0.2) is 0 Å². The van der Waals surface area contributed by atoms with Gasteiger partial charge in [0.05, 0.1) is 6.61 Å². The molecule has 5 nitrogen and oxygen atoms in total. The average Bonchev–Trinajstić information content (AvgIpc) is 2.17. The summed E-state index contributed by atoms with van der Waals surface area (Å²) in [5.74, 6) is -1.16. The molecule has 0 fully saturated rings. The molecule has 0 aromatic heterocycles. The molecule has 0 radical (unpaired) electrons. The lowest BCUT2D eigenvalue weighted by atomic mass is 10.5. The van der Waals surface area contributed by atoms with Crippen LogP contribution in [0.25, 0.3) is 0 Å². The van der Waals surface area contributed by atoms with Crippen LogP contribution >= 0.6 is 0 Å². The second-order valence-corrected chi connectivity index (χ2v) is 2.38. The number of rotatable bonds is 6. The summed E-state index contributed by atoms with van der Waals surface area (Å²) in [4.78, 5) is 22.1. The van der Waals surface area contributed by atoms with Crippen LogP contribution < -0.4 is 0 Å². The van der Waals surface area contributed by atoms with Gasteiger partial charge in [0.1, 0.15) is 0 Å². The highest BCUT2D eigenvalue weighted by atomic mass is 16.7. The van der Waals surface area contributed by atoms with Gasteiger partial charge in [0, 0.05) is 13.0 Å². The average molecular weight is 204 g/mol. The number of carbonyl (C=O) groups is 2. The fourth-order valence-corrected chi connectivity index (χ4v) is 0.715. The Morgan fingerprint density at radius 2 is 1.79 bits per heavy atom. The minimum atomic E-state index is -1.23. The fourth-order valence-electron chi connectivity index (χ4n) is 0.715. The lowest BCUT2D eigenvalue weighted by Crippen LogP contribution is -2.31. The quantitative estimate of drug-likeness (QED) is 0.474. The summed E-state index contributed by atoms with van der Waals surface area (Å²) in [6.45, 7) is 5.51. The second kappa shape index (κ2) is 7.32. The Labute approximate surface area is 83.3 Å². The van der Waals surface area contributed by atoms with E-state index in [0.29, 0.717) is 0 Å². The van der Waals surface area contributed by atoms with Gasteiger partial charge in [-0.2, -0.15) is 0 Å². The predicted molar refractivity (Wildman–Crippen MR) is 48.4 cm³/mol. The van der Waals surface area contributed by atoms with Crippen LogP contribution in [0.4, 0.5) is 0 Å². The van der Waals surface area contributed by atoms with Crippen molar-refractivity contribution in [1.82, 2.24) is 0 Å². The van der Waals surface area contributed by atoms with Crippen molar-refractivity contribution in [3.05, 3.63) is 0 Å². The Balaban J connectivity index is 4.13. The van der Waals surface area contributed by atoms with E-state index in [-0.39, 0.29) is 19.6 Å². The molecule has 5 heteroatoms. The normalized spacial score (nSPS) is 11.9. The zero-order chi connectivity index (χ0) is 11.0. The van der Waals surface area contributed by atoms with Gasteiger partial charge >= 0.3 is 18.2 Å².